The number of carboxylic acids is 1. The average Bonchev–Trinajstić information content (AvgIpc) is 3.56. The third-order valence-corrected chi connectivity index (χ3v) is 16.1. The van der Waals surface area contributed by atoms with E-state index in [1.54, 1.807) is 17.0 Å². The van der Waals surface area contributed by atoms with Gasteiger partial charge in [-0.1, -0.05) is 65.0 Å². The molecule has 0 radical (unpaired) electrons. The van der Waals surface area contributed by atoms with Gasteiger partial charge < -0.3 is 10.4 Å². The van der Waals surface area contributed by atoms with E-state index < -0.39 is 11.9 Å². The monoisotopic (exact) mass is 676 g/mol. The fourth-order valence-electron chi connectivity index (χ4n) is 13.7. The predicted octanol–water partition coefficient (Wildman–Crippen LogP) is 9.25. The Morgan fingerprint density at radius 1 is 0.918 bits per heavy atom. The fourth-order valence-corrected chi connectivity index (χ4v) is 13.7. The van der Waals surface area contributed by atoms with Crippen LogP contribution in [0.4, 0.5) is 8.78 Å². The number of aromatic carboxylic acids is 1. The minimum atomic E-state index is -2.70. The molecule has 49 heavy (non-hydrogen) atoms. The highest BCUT2D eigenvalue weighted by atomic mass is 19.3. The number of allylic oxidation sites excluding steroid dienone is 3. The van der Waals surface area contributed by atoms with E-state index in [1.807, 2.05) is 12.1 Å². The molecular weight excluding hydrogens is 618 g/mol. The first-order valence-electron chi connectivity index (χ1n) is 19.0. The molecule has 1 heterocycles. The number of likely N-dealkylation sites (tertiary alicyclic amines) is 1. The standard InChI is InChI=1S/C42H58F2N2O3/c1-26(2)29-14-19-41(45-34(47)24-46-23-22-42(43,44)25-46)21-20-39(6)31(35(29)41)12-13-33-38(5)17-15-30(27-8-10-28(11-9-27)36(48)49)37(3,4)32(38)16-18-40(33,39)7/h8-11,15,29,31-33,35H,1,12-14,16-25H2,2-7H3,(H,45,47)(H,48,49)/t29-,31+,32-,33+,35+,38-,39+,40+,41-/m0/s1. The van der Waals surface area contributed by atoms with Crippen LogP contribution in [0.2, 0.25) is 0 Å². The maximum Gasteiger partial charge on any atom is 0.335 e. The second-order valence-corrected chi connectivity index (χ2v) is 18.6. The Morgan fingerprint density at radius 3 is 2.27 bits per heavy atom. The summed E-state index contributed by atoms with van der Waals surface area (Å²) in [4.78, 5) is 26.8. The summed E-state index contributed by atoms with van der Waals surface area (Å²) in [5.74, 6) is -1.43. The van der Waals surface area contributed by atoms with Crippen molar-refractivity contribution in [2.75, 3.05) is 19.6 Å². The summed E-state index contributed by atoms with van der Waals surface area (Å²) in [6, 6.07) is 7.46. The van der Waals surface area contributed by atoms with Crippen LogP contribution in [0.5, 0.6) is 0 Å². The molecule has 4 saturated carbocycles. The second kappa shape index (κ2) is 11.5. The molecule has 1 aromatic rings. The smallest absolute Gasteiger partial charge is 0.335 e. The number of hydrogen-bond donors (Lipinski definition) is 2. The molecule has 5 fully saturated rings. The molecule has 1 amide bonds. The number of benzene rings is 1. The minimum absolute atomic E-state index is 0.0430. The number of halogens is 2. The number of carbonyl (C=O) groups excluding carboxylic acids is 1. The third kappa shape index (κ3) is 5.20. The Labute approximate surface area is 292 Å². The van der Waals surface area contributed by atoms with Gasteiger partial charge in [0.1, 0.15) is 0 Å². The van der Waals surface area contributed by atoms with Crippen LogP contribution in [0.3, 0.4) is 0 Å². The molecule has 268 valence electrons. The van der Waals surface area contributed by atoms with E-state index in [0.29, 0.717) is 35.2 Å². The average molecular weight is 677 g/mol. The number of carboxylic acid groups (broad SMARTS) is 1. The summed E-state index contributed by atoms with van der Waals surface area (Å²) < 4.78 is 27.9. The lowest BCUT2D eigenvalue weighted by Crippen LogP contribution is -2.68. The highest BCUT2D eigenvalue weighted by Gasteiger charge is 2.70. The van der Waals surface area contributed by atoms with Crippen LogP contribution in [0.1, 0.15) is 122 Å². The number of fused-ring (bicyclic) bond motifs is 7. The topological polar surface area (TPSA) is 69.6 Å². The highest BCUT2D eigenvalue weighted by Crippen LogP contribution is 2.76. The van der Waals surface area contributed by atoms with Gasteiger partial charge in [0.15, 0.2) is 0 Å². The number of rotatable bonds is 6. The van der Waals surface area contributed by atoms with Crippen LogP contribution >= 0.6 is 0 Å². The normalized spacial score (nSPS) is 42.2. The molecule has 0 unspecified atom stereocenters. The molecule has 1 aromatic carbocycles. The van der Waals surface area contributed by atoms with Gasteiger partial charge in [0, 0.05) is 18.5 Å². The Hall–Kier alpha value is -2.54. The molecule has 0 aromatic heterocycles. The second-order valence-electron chi connectivity index (χ2n) is 18.6. The molecule has 2 N–H and O–H groups in total. The Balaban J connectivity index is 1.17. The van der Waals surface area contributed by atoms with E-state index in [1.165, 1.54) is 30.4 Å². The predicted molar refractivity (Wildman–Crippen MR) is 190 cm³/mol. The maximum atomic E-state index is 14.0. The molecule has 7 rings (SSSR count). The van der Waals surface area contributed by atoms with Gasteiger partial charge in [0.25, 0.3) is 5.92 Å². The lowest BCUT2D eigenvalue weighted by molar-refractivity contribution is -0.219. The molecule has 9 atom stereocenters. The summed E-state index contributed by atoms with van der Waals surface area (Å²) in [6.07, 6.45) is 12.0. The van der Waals surface area contributed by atoms with Gasteiger partial charge in [0.2, 0.25) is 5.91 Å². The van der Waals surface area contributed by atoms with Crippen LogP contribution in [0.15, 0.2) is 42.5 Å². The summed E-state index contributed by atoms with van der Waals surface area (Å²) in [7, 11) is 0. The van der Waals surface area contributed by atoms with Crippen LogP contribution in [0, 0.1) is 51.2 Å². The van der Waals surface area contributed by atoms with Crippen molar-refractivity contribution in [1.29, 1.82) is 0 Å². The molecular formula is C42H58F2N2O3. The molecule has 1 saturated heterocycles. The number of nitrogens with zero attached hydrogens (tertiary/aromatic N) is 1. The van der Waals surface area contributed by atoms with E-state index in [-0.39, 0.29) is 59.2 Å². The maximum absolute atomic E-state index is 14.0. The molecule has 1 aliphatic heterocycles. The van der Waals surface area contributed by atoms with Crippen LogP contribution in [-0.4, -0.2) is 53.0 Å². The first-order valence-corrected chi connectivity index (χ1v) is 19.0. The Kier molecular flexibility index (Phi) is 8.18. The van der Waals surface area contributed by atoms with Crippen molar-refractivity contribution in [3.63, 3.8) is 0 Å². The van der Waals surface area contributed by atoms with Gasteiger partial charge in [-0.2, -0.15) is 0 Å². The number of amides is 1. The number of alkyl halides is 2. The molecule has 0 bridgehead atoms. The van der Waals surface area contributed by atoms with E-state index in [2.05, 4.69) is 59.5 Å². The zero-order chi connectivity index (χ0) is 35.4. The zero-order valence-corrected chi connectivity index (χ0v) is 30.6. The van der Waals surface area contributed by atoms with Gasteiger partial charge in [-0.05, 0) is 139 Å². The van der Waals surface area contributed by atoms with Crippen molar-refractivity contribution in [3.8, 4) is 0 Å². The Bertz CT molecular complexity index is 1570. The number of nitrogens with one attached hydrogen (secondary N) is 1. The van der Waals surface area contributed by atoms with Gasteiger partial charge in [-0.25, -0.2) is 13.6 Å². The quantitative estimate of drug-likeness (QED) is 0.295. The lowest BCUT2D eigenvalue weighted by atomic mass is 9.33. The molecule has 6 aliphatic rings. The molecule has 0 spiro atoms. The van der Waals surface area contributed by atoms with E-state index in [9.17, 15) is 23.5 Å². The van der Waals surface area contributed by atoms with Gasteiger partial charge in [-0.15, -0.1) is 0 Å². The van der Waals surface area contributed by atoms with Crippen molar-refractivity contribution >= 4 is 17.4 Å². The van der Waals surface area contributed by atoms with Crippen LogP contribution < -0.4 is 5.32 Å². The first-order chi connectivity index (χ1) is 22.9. The summed E-state index contributed by atoms with van der Waals surface area (Å²) >= 11 is 0. The van der Waals surface area contributed by atoms with Crippen molar-refractivity contribution in [3.05, 3.63) is 53.6 Å². The largest absolute Gasteiger partial charge is 0.478 e. The van der Waals surface area contributed by atoms with Crippen LogP contribution in [-0.2, 0) is 4.79 Å². The molecule has 5 aliphatic carbocycles. The number of carbonyl (C=O) groups is 2. The SMILES string of the molecule is C=C(C)[C@@H]1CC[C@]2(NC(=O)CN3CCC(F)(F)C3)CC[C@]3(C)[C@H](CC[C@@H]4[C@@]5(C)CC=C(c6ccc(C(=O)O)cc6)C(C)(C)[C@@H]5CC[C@]43C)[C@@H]12. The summed E-state index contributed by atoms with van der Waals surface area (Å²) in [5, 5.41) is 13.0. The van der Waals surface area contributed by atoms with Gasteiger partial charge >= 0.3 is 5.97 Å². The lowest BCUT2D eigenvalue weighted by Gasteiger charge is -2.72. The van der Waals surface area contributed by atoms with Crippen LogP contribution in [0.25, 0.3) is 5.57 Å². The Morgan fingerprint density at radius 2 is 1.63 bits per heavy atom. The van der Waals surface area contributed by atoms with Gasteiger partial charge in [0.05, 0.1) is 18.7 Å². The summed E-state index contributed by atoms with van der Waals surface area (Å²) in [5.41, 5.74) is 4.12. The fraction of sp³-hybridized carbons (Fsp3) is 0.714. The van der Waals surface area contributed by atoms with E-state index >= 15 is 0 Å². The molecule has 5 nitrogen and oxygen atoms in total. The molecule has 7 heteroatoms. The van der Waals surface area contributed by atoms with Crippen molar-refractivity contribution in [1.82, 2.24) is 10.2 Å². The minimum Gasteiger partial charge on any atom is -0.478 e. The van der Waals surface area contributed by atoms with Gasteiger partial charge in [-0.3, -0.25) is 9.69 Å². The van der Waals surface area contributed by atoms with Crippen molar-refractivity contribution in [2.24, 2.45) is 51.2 Å². The van der Waals surface area contributed by atoms with Crippen molar-refractivity contribution < 1.29 is 23.5 Å². The zero-order valence-electron chi connectivity index (χ0n) is 30.6. The van der Waals surface area contributed by atoms with E-state index in [4.69, 9.17) is 0 Å². The van der Waals surface area contributed by atoms with Crippen molar-refractivity contribution in [2.45, 2.75) is 117 Å². The third-order valence-electron chi connectivity index (χ3n) is 16.1. The highest BCUT2D eigenvalue weighted by molar-refractivity contribution is 5.88. The first kappa shape index (κ1) is 34.9. The summed E-state index contributed by atoms with van der Waals surface area (Å²) in [6.45, 7) is 19.3. The number of hydrogen-bond acceptors (Lipinski definition) is 3. The van der Waals surface area contributed by atoms with E-state index in [0.717, 1.165) is 44.1 Å².